The van der Waals surface area contributed by atoms with E-state index in [0.29, 0.717) is 18.1 Å². The van der Waals surface area contributed by atoms with E-state index in [1.807, 2.05) is 24.3 Å². The monoisotopic (exact) mass is 286 g/mol. The van der Waals surface area contributed by atoms with Gasteiger partial charge in [-0.05, 0) is 6.07 Å². The Morgan fingerprint density at radius 1 is 1.30 bits per heavy atom. The fourth-order valence-corrected chi connectivity index (χ4v) is 2.43. The number of nitrogens with zero attached hydrogens (tertiary/aromatic N) is 2. The van der Waals surface area contributed by atoms with E-state index in [1.165, 1.54) is 0 Å². The van der Waals surface area contributed by atoms with Gasteiger partial charge in [-0.25, -0.2) is 9.97 Å². The van der Waals surface area contributed by atoms with Gasteiger partial charge in [0.05, 0.1) is 12.6 Å². The van der Waals surface area contributed by atoms with E-state index in [0.717, 1.165) is 17.7 Å². The maximum Gasteiger partial charge on any atom is 0.155 e. The summed E-state index contributed by atoms with van der Waals surface area (Å²) in [5, 5.41) is 3.37. The first kappa shape index (κ1) is 12.8. The average molecular weight is 286 g/mol. The number of thiocarbonyl (C=S) groups is 1. The van der Waals surface area contributed by atoms with Gasteiger partial charge in [-0.1, -0.05) is 30.4 Å². The first-order valence-corrected chi connectivity index (χ1v) is 6.75. The van der Waals surface area contributed by atoms with Gasteiger partial charge in [-0.3, -0.25) is 0 Å². The molecule has 5 nitrogen and oxygen atoms in total. The zero-order valence-electron chi connectivity index (χ0n) is 10.7. The van der Waals surface area contributed by atoms with Gasteiger partial charge in [0, 0.05) is 24.4 Å². The molecule has 2 aromatic rings. The molecule has 0 spiro atoms. The van der Waals surface area contributed by atoms with E-state index in [4.69, 9.17) is 22.7 Å². The predicted octanol–water partition coefficient (Wildman–Crippen LogP) is 2.05. The van der Waals surface area contributed by atoms with Crippen LogP contribution in [0.25, 0.3) is 0 Å². The van der Waals surface area contributed by atoms with E-state index >= 15 is 0 Å². The molecule has 1 aliphatic rings. The van der Waals surface area contributed by atoms with Gasteiger partial charge in [-0.2, -0.15) is 0 Å². The minimum Gasteiger partial charge on any atom is -0.493 e. The number of para-hydroxylation sites is 1. The molecule has 0 bridgehead atoms. The van der Waals surface area contributed by atoms with Crippen molar-refractivity contribution in [2.45, 2.75) is 12.5 Å². The molecule has 0 amide bonds. The van der Waals surface area contributed by atoms with Crippen molar-refractivity contribution in [3.63, 3.8) is 0 Å². The lowest BCUT2D eigenvalue weighted by molar-refractivity contribution is 0.274. The van der Waals surface area contributed by atoms with Crippen LogP contribution in [-0.2, 0) is 0 Å². The summed E-state index contributed by atoms with van der Waals surface area (Å²) in [5.74, 6) is 1.51. The summed E-state index contributed by atoms with van der Waals surface area (Å²) in [7, 11) is 0. The van der Waals surface area contributed by atoms with Gasteiger partial charge in [-0.15, -0.1) is 0 Å². The first-order valence-electron chi connectivity index (χ1n) is 6.35. The number of aromatic nitrogens is 2. The number of nitrogens with two attached hydrogens (primary N) is 1. The largest absolute Gasteiger partial charge is 0.493 e. The van der Waals surface area contributed by atoms with Gasteiger partial charge in [0.1, 0.15) is 16.4 Å². The van der Waals surface area contributed by atoms with Crippen LogP contribution in [0, 0.1) is 0 Å². The Hall–Kier alpha value is -2.21. The highest BCUT2D eigenvalue weighted by atomic mass is 32.1. The molecule has 1 atom stereocenters. The third-order valence-corrected chi connectivity index (χ3v) is 3.39. The van der Waals surface area contributed by atoms with Crippen LogP contribution in [0.4, 0.5) is 5.82 Å². The quantitative estimate of drug-likeness (QED) is 0.841. The number of benzene rings is 1. The molecule has 1 unspecified atom stereocenters. The zero-order chi connectivity index (χ0) is 13.9. The van der Waals surface area contributed by atoms with Gasteiger partial charge >= 0.3 is 0 Å². The molecule has 0 aliphatic carbocycles. The summed E-state index contributed by atoms with van der Waals surface area (Å²) in [6.07, 6.45) is 4.05. The van der Waals surface area contributed by atoms with Crippen LogP contribution in [0.5, 0.6) is 5.75 Å². The van der Waals surface area contributed by atoms with Gasteiger partial charge < -0.3 is 15.8 Å². The van der Waals surface area contributed by atoms with E-state index in [-0.39, 0.29) is 11.0 Å². The van der Waals surface area contributed by atoms with Crippen LogP contribution in [0.15, 0.2) is 36.7 Å². The Balaban J connectivity index is 1.92. The smallest absolute Gasteiger partial charge is 0.155 e. The standard InChI is InChI=1S/C14H14N4OS/c15-13(20)12-14(17-7-6-16-12)18-10-5-8-19-11-4-2-1-3-9(10)11/h1-4,6-7,10H,5,8H2,(H2,15,20)(H,17,18). The van der Waals surface area contributed by atoms with E-state index < -0.39 is 0 Å². The first-order chi connectivity index (χ1) is 9.75. The van der Waals surface area contributed by atoms with E-state index in [2.05, 4.69) is 15.3 Å². The molecule has 3 N–H and O–H groups in total. The molecule has 1 aromatic heterocycles. The molecule has 0 saturated carbocycles. The third kappa shape index (κ3) is 2.42. The minimum atomic E-state index is 0.116. The predicted molar refractivity (Wildman–Crippen MR) is 80.8 cm³/mol. The summed E-state index contributed by atoms with van der Waals surface area (Å²) >= 11 is 5.01. The Morgan fingerprint density at radius 3 is 2.95 bits per heavy atom. The Morgan fingerprint density at radius 2 is 2.10 bits per heavy atom. The topological polar surface area (TPSA) is 73.1 Å². The second-order valence-electron chi connectivity index (χ2n) is 4.49. The van der Waals surface area contributed by atoms with Crippen LogP contribution in [0.2, 0.25) is 0 Å². The molecular formula is C14H14N4OS. The van der Waals surface area contributed by atoms with Gasteiger partial charge in [0.25, 0.3) is 0 Å². The summed E-state index contributed by atoms with van der Waals surface area (Å²) in [5.41, 5.74) is 7.31. The zero-order valence-corrected chi connectivity index (χ0v) is 11.6. The van der Waals surface area contributed by atoms with Crippen molar-refractivity contribution >= 4 is 23.0 Å². The molecular weight excluding hydrogens is 272 g/mol. The van der Waals surface area contributed by atoms with Crippen molar-refractivity contribution in [2.24, 2.45) is 5.73 Å². The van der Waals surface area contributed by atoms with Crippen molar-refractivity contribution < 1.29 is 4.74 Å². The number of hydrogen-bond donors (Lipinski definition) is 2. The normalized spacial score (nSPS) is 16.9. The number of fused-ring (bicyclic) bond motifs is 1. The Labute approximate surface area is 122 Å². The maximum atomic E-state index is 5.68. The number of anilines is 1. The van der Waals surface area contributed by atoms with Crippen molar-refractivity contribution in [1.82, 2.24) is 9.97 Å². The van der Waals surface area contributed by atoms with Crippen molar-refractivity contribution in [1.29, 1.82) is 0 Å². The SMILES string of the molecule is NC(=S)c1nccnc1NC1CCOc2ccccc21. The lowest BCUT2D eigenvalue weighted by Crippen LogP contribution is -2.23. The summed E-state index contributed by atoms with van der Waals surface area (Å²) in [6.45, 7) is 0.664. The van der Waals surface area contributed by atoms with Crippen molar-refractivity contribution in [2.75, 3.05) is 11.9 Å². The molecule has 102 valence electrons. The molecule has 0 radical (unpaired) electrons. The van der Waals surface area contributed by atoms with Crippen LogP contribution in [0.3, 0.4) is 0 Å². The highest BCUT2D eigenvalue weighted by molar-refractivity contribution is 7.80. The summed E-state index contributed by atoms with van der Waals surface area (Å²) in [6, 6.07) is 8.08. The molecule has 0 saturated heterocycles. The lowest BCUT2D eigenvalue weighted by atomic mass is 10.0. The average Bonchev–Trinajstić information content (AvgIpc) is 2.48. The fraction of sp³-hybridized carbons (Fsp3) is 0.214. The molecule has 0 fully saturated rings. The third-order valence-electron chi connectivity index (χ3n) is 3.20. The Bertz CT molecular complexity index is 647. The second kappa shape index (κ2) is 5.42. The van der Waals surface area contributed by atoms with Gasteiger partial charge in [0.15, 0.2) is 5.82 Å². The molecule has 6 heteroatoms. The maximum absolute atomic E-state index is 5.68. The van der Waals surface area contributed by atoms with Crippen LogP contribution in [0.1, 0.15) is 23.7 Å². The van der Waals surface area contributed by atoms with Crippen LogP contribution in [-0.4, -0.2) is 21.6 Å². The molecule has 2 heterocycles. The van der Waals surface area contributed by atoms with Crippen molar-refractivity contribution in [3.05, 3.63) is 47.9 Å². The number of nitrogens with one attached hydrogen (secondary N) is 1. The van der Waals surface area contributed by atoms with Crippen LogP contribution < -0.4 is 15.8 Å². The molecule has 1 aromatic carbocycles. The second-order valence-corrected chi connectivity index (χ2v) is 4.93. The highest BCUT2D eigenvalue weighted by Crippen LogP contribution is 2.33. The molecule has 3 rings (SSSR count). The lowest BCUT2D eigenvalue weighted by Gasteiger charge is -2.27. The van der Waals surface area contributed by atoms with E-state index in [9.17, 15) is 0 Å². The van der Waals surface area contributed by atoms with Gasteiger partial charge in [0.2, 0.25) is 0 Å². The molecule has 1 aliphatic heterocycles. The Kier molecular flexibility index (Phi) is 3.47. The van der Waals surface area contributed by atoms with E-state index in [1.54, 1.807) is 12.4 Å². The summed E-state index contributed by atoms with van der Waals surface area (Å²) in [4.78, 5) is 8.70. The fourth-order valence-electron chi connectivity index (χ4n) is 2.28. The number of ether oxygens (including phenoxy) is 1. The minimum absolute atomic E-state index is 0.116. The molecule has 20 heavy (non-hydrogen) atoms. The van der Waals surface area contributed by atoms with Crippen molar-refractivity contribution in [3.8, 4) is 5.75 Å². The summed E-state index contributed by atoms with van der Waals surface area (Å²) < 4.78 is 5.64. The number of rotatable bonds is 3. The highest BCUT2D eigenvalue weighted by Gasteiger charge is 2.22. The van der Waals surface area contributed by atoms with Crippen LogP contribution >= 0.6 is 12.2 Å². The number of hydrogen-bond acceptors (Lipinski definition) is 5.